The molecule has 0 saturated carbocycles. The number of piperidine rings is 1. The van der Waals surface area contributed by atoms with Crippen LogP contribution in [0.5, 0.6) is 0 Å². The minimum Gasteiger partial charge on any atom is -0.444 e. The van der Waals surface area contributed by atoms with Crippen molar-refractivity contribution in [2.75, 3.05) is 19.6 Å². The smallest absolute Gasteiger partial charge is 0.410 e. The molecule has 1 amide bonds. The lowest BCUT2D eigenvalue weighted by Crippen LogP contribution is -2.50. The van der Waals surface area contributed by atoms with Crippen LogP contribution >= 0.6 is 0 Å². The Bertz CT molecular complexity index is 499. The second-order valence-electron chi connectivity index (χ2n) is 7.10. The van der Waals surface area contributed by atoms with Crippen LogP contribution in [0.4, 0.5) is 4.79 Å². The largest absolute Gasteiger partial charge is 0.444 e. The van der Waals surface area contributed by atoms with Crippen molar-refractivity contribution in [1.29, 1.82) is 0 Å². The topological polar surface area (TPSA) is 61.8 Å². The molecule has 23 heavy (non-hydrogen) atoms. The van der Waals surface area contributed by atoms with E-state index < -0.39 is 11.7 Å². The van der Waals surface area contributed by atoms with Gasteiger partial charge in [0.2, 0.25) is 0 Å². The Labute approximate surface area is 138 Å². The number of nitrogens with one attached hydrogen (secondary N) is 1. The first-order valence-corrected chi connectivity index (χ1v) is 8.29. The van der Waals surface area contributed by atoms with Crippen LogP contribution in [0.25, 0.3) is 0 Å². The Kier molecular flexibility index (Phi) is 6.02. The number of amides is 1. The van der Waals surface area contributed by atoms with Gasteiger partial charge in [0.15, 0.2) is 0 Å². The van der Waals surface area contributed by atoms with Crippen LogP contribution < -0.4 is 5.32 Å². The number of nitrogens with zero attached hydrogens (tertiary/aromatic N) is 1. The standard InChI is InChI=1S/C18H28N2O3/c1-18(2,3)23-17(22)20-11-7-10-15(13-20)19-12-16(21)14-8-5-4-6-9-14/h4-6,8-9,15-16,19,21H,7,10-13H2,1-3H3. The molecule has 2 N–H and O–H groups in total. The highest BCUT2D eigenvalue weighted by atomic mass is 16.6. The number of aliphatic hydroxyl groups excluding tert-OH is 1. The van der Waals surface area contributed by atoms with Crippen molar-refractivity contribution in [3.63, 3.8) is 0 Å². The number of likely N-dealkylation sites (tertiary alicyclic amines) is 1. The van der Waals surface area contributed by atoms with Crippen molar-refractivity contribution >= 4 is 6.09 Å². The number of benzene rings is 1. The fraction of sp³-hybridized carbons (Fsp3) is 0.611. The Balaban J connectivity index is 1.81. The monoisotopic (exact) mass is 320 g/mol. The van der Waals surface area contributed by atoms with Gasteiger partial charge < -0.3 is 20.1 Å². The van der Waals surface area contributed by atoms with E-state index in [-0.39, 0.29) is 12.1 Å². The van der Waals surface area contributed by atoms with Gasteiger partial charge in [-0.25, -0.2) is 4.79 Å². The van der Waals surface area contributed by atoms with E-state index in [1.54, 1.807) is 4.90 Å². The summed E-state index contributed by atoms with van der Waals surface area (Å²) >= 11 is 0. The van der Waals surface area contributed by atoms with Crippen molar-refractivity contribution < 1.29 is 14.6 Å². The molecule has 2 atom stereocenters. The Morgan fingerprint density at radius 1 is 1.39 bits per heavy atom. The lowest BCUT2D eigenvalue weighted by atomic mass is 10.0. The van der Waals surface area contributed by atoms with E-state index in [0.717, 1.165) is 24.9 Å². The number of hydrogen-bond acceptors (Lipinski definition) is 4. The average molecular weight is 320 g/mol. The molecule has 5 nitrogen and oxygen atoms in total. The first-order chi connectivity index (χ1) is 10.8. The molecule has 1 heterocycles. The Morgan fingerprint density at radius 3 is 2.74 bits per heavy atom. The molecular weight excluding hydrogens is 292 g/mol. The van der Waals surface area contributed by atoms with Gasteiger partial charge in [-0.3, -0.25) is 0 Å². The minimum absolute atomic E-state index is 0.189. The maximum absolute atomic E-state index is 12.1. The SMILES string of the molecule is CC(C)(C)OC(=O)N1CCCC(NCC(O)c2ccccc2)C1. The minimum atomic E-state index is -0.534. The van der Waals surface area contributed by atoms with Crippen LogP contribution in [-0.4, -0.2) is 47.4 Å². The third-order valence-electron chi connectivity index (χ3n) is 3.86. The fourth-order valence-corrected chi connectivity index (χ4v) is 2.71. The van der Waals surface area contributed by atoms with Crippen molar-refractivity contribution in [2.45, 2.75) is 51.4 Å². The van der Waals surface area contributed by atoms with E-state index in [9.17, 15) is 9.90 Å². The van der Waals surface area contributed by atoms with Gasteiger partial charge in [0.1, 0.15) is 5.60 Å². The Morgan fingerprint density at radius 2 is 2.09 bits per heavy atom. The zero-order valence-corrected chi connectivity index (χ0v) is 14.3. The Hall–Kier alpha value is -1.59. The van der Waals surface area contributed by atoms with E-state index >= 15 is 0 Å². The molecule has 5 heteroatoms. The van der Waals surface area contributed by atoms with Gasteiger partial charge >= 0.3 is 6.09 Å². The fourth-order valence-electron chi connectivity index (χ4n) is 2.71. The molecule has 2 rings (SSSR count). The molecule has 1 aliphatic rings. The number of rotatable bonds is 4. The molecule has 1 saturated heterocycles. The van der Waals surface area contributed by atoms with Crippen LogP contribution in [0.15, 0.2) is 30.3 Å². The van der Waals surface area contributed by atoms with E-state index in [1.807, 2.05) is 51.1 Å². The predicted molar refractivity (Wildman–Crippen MR) is 90.2 cm³/mol. The maximum Gasteiger partial charge on any atom is 0.410 e. The van der Waals surface area contributed by atoms with Gasteiger partial charge in [-0.15, -0.1) is 0 Å². The normalized spacial score (nSPS) is 20.2. The van der Waals surface area contributed by atoms with E-state index in [1.165, 1.54) is 0 Å². The third kappa shape index (κ3) is 5.84. The molecule has 1 aromatic carbocycles. The highest BCUT2D eigenvalue weighted by Crippen LogP contribution is 2.16. The zero-order valence-electron chi connectivity index (χ0n) is 14.3. The number of carbonyl (C=O) groups excluding carboxylic acids is 1. The van der Waals surface area contributed by atoms with Crippen LogP contribution in [0.3, 0.4) is 0 Å². The molecule has 1 aliphatic heterocycles. The lowest BCUT2D eigenvalue weighted by Gasteiger charge is -2.34. The highest BCUT2D eigenvalue weighted by molar-refractivity contribution is 5.68. The van der Waals surface area contributed by atoms with Gasteiger partial charge in [-0.1, -0.05) is 30.3 Å². The number of ether oxygens (including phenoxy) is 1. The van der Waals surface area contributed by atoms with Gasteiger partial charge in [0, 0.05) is 25.7 Å². The number of carbonyl (C=O) groups is 1. The summed E-state index contributed by atoms with van der Waals surface area (Å²) in [5.74, 6) is 0. The summed E-state index contributed by atoms with van der Waals surface area (Å²) in [4.78, 5) is 13.9. The van der Waals surface area contributed by atoms with Crippen LogP contribution in [0.2, 0.25) is 0 Å². The third-order valence-corrected chi connectivity index (χ3v) is 3.86. The average Bonchev–Trinajstić information content (AvgIpc) is 2.52. The summed E-state index contributed by atoms with van der Waals surface area (Å²) in [6.07, 6.45) is 1.15. The van der Waals surface area contributed by atoms with Crippen molar-refractivity contribution in [3.8, 4) is 0 Å². The predicted octanol–water partition coefficient (Wildman–Crippen LogP) is 2.71. The molecule has 0 spiro atoms. The van der Waals surface area contributed by atoms with E-state index in [0.29, 0.717) is 13.1 Å². The number of hydrogen-bond donors (Lipinski definition) is 2. The second-order valence-corrected chi connectivity index (χ2v) is 7.10. The maximum atomic E-state index is 12.1. The summed E-state index contributed by atoms with van der Waals surface area (Å²) < 4.78 is 5.43. The summed E-state index contributed by atoms with van der Waals surface area (Å²) in [5.41, 5.74) is 0.431. The molecule has 2 unspecified atom stereocenters. The molecular formula is C18H28N2O3. The quantitative estimate of drug-likeness (QED) is 0.895. The van der Waals surface area contributed by atoms with E-state index in [4.69, 9.17) is 4.74 Å². The summed E-state index contributed by atoms with van der Waals surface area (Å²) in [6, 6.07) is 9.80. The first kappa shape index (κ1) is 17.8. The summed E-state index contributed by atoms with van der Waals surface area (Å²) in [5, 5.41) is 13.6. The molecule has 0 aromatic heterocycles. The molecule has 1 aromatic rings. The zero-order chi connectivity index (χ0) is 16.9. The first-order valence-electron chi connectivity index (χ1n) is 8.29. The van der Waals surface area contributed by atoms with Gasteiger partial charge in [-0.2, -0.15) is 0 Å². The second kappa shape index (κ2) is 7.79. The molecule has 0 bridgehead atoms. The van der Waals surface area contributed by atoms with Gasteiger partial charge in [0.05, 0.1) is 6.10 Å². The number of aliphatic hydroxyl groups is 1. The van der Waals surface area contributed by atoms with Crippen LogP contribution in [0.1, 0.15) is 45.3 Å². The van der Waals surface area contributed by atoms with Crippen molar-refractivity contribution in [2.24, 2.45) is 0 Å². The summed E-state index contributed by atoms with van der Waals surface area (Å²) in [6.45, 7) is 7.46. The molecule has 0 radical (unpaired) electrons. The van der Waals surface area contributed by atoms with E-state index in [2.05, 4.69) is 5.32 Å². The molecule has 128 valence electrons. The molecule has 1 fully saturated rings. The van der Waals surface area contributed by atoms with Crippen LogP contribution in [0, 0.1) is 0 Å². The lowest BCUT2D eigenvalue weighted by molar-refractivity contribution is 0.0183. The molecule has 0 aliphatic carbocycles. The summed E-state index contributed by atoms with van der Waals surface area (Å²) in [7, 11) is 0. The van der Waals surface area contributed by atoms with Crippen LogP contribution in [-0.2, 0) is 4.74 Å². The van der Waals surface area contributed by atoms with Crippen molar-refractivity contribution in [3.05, 3.63) is 35.9 Å². The van der Waals surface area contributed by atoms with Gasteiger partial charge in [-0.05, 0) is 39.2 Å². The van der Waals surface area contributed by atoms with Crippen molar-refractivity contribution in [1.82, 2.24) is 10.2 Å². The highest BCUT2D eigenvalue weighted by Gasteiger charge is 2.27. The van der Waals surface area contributed by atoms with Gasteiger partial charge in [0.25, 0.3) is 0 Å².